The highest BCUT2D eigenvalue weighted by Gasteiger charge is 2.26. The van der Waals surface area contributed by atoms with E-state index in [9.17, 15) is 4.79 Å². The van der Waals surface area contributed by atoms with E-state index in [0.717, 1.165) is 36.2 Å². The Kier molecular flexibility index (Phi) is 7.49. The Balaban J connectivity index is 2.13. The second-order valence-electron chi connectivity index (χ2n) is 6.36. The van der Waals surface area contributed by atoms with Crippen molar-refractivity contribution in [1.82, 2.24) is 10.3 Å². The van der Waals surface area contributed by atoms with Crippen LogP contribution in [0.3, 0.4) is 0 Å². The average molecular weight is 398 g/mol. The van der Waals surface area contributed by atoms with Crippen molar-refractivity contribution in [2.75, 3.05) is 25.1 Å². The molecule has 5 nitrogen and oxygen atoms in total. The second kappa shape index (κ2) is 9.37. The summed E-state index contributed by atoms with van der Waals surface area (Å²) in [5.41, 5.74) is 0.521. The summed E-state index contributed by atoms with van der Waals surface area (Å²) in [7, 11) is 1.41. The number of hydrogen-bond acceptors (Lipinski definition) is 5. The Labute approximate surface area is 153 Å². The third-order valence-corrected chi connectivity index (χ3v) is 4.99. The smallest absolute Gasteiger partial charge is 0.341 e. The molecule has 1 aromatic rings. The summed E-state index contributed by atoms with van der Waals surface area (Å²) in [5, 5.41) is 3.79. The molecule has 2 rings (SSSR count). The number of rotatable bonds is 7. The van der Waals surface area contributed by atoms with Gasteiger partial charge in [-0.1, -0.05) is 20.3 Å². The van der Waals surface area contributed by atoms with Gasteiger partial charge in [-0.05, 0) is 47.7 Å². The summed E-state index contributed by atoms with van der Waals surface area (Å²) < 4.78 is 5.71. The van der Waals surface area contributed by atoms with Gasteiger partial charge in [0.1, 0.15) is 11.4 Å². The lowest BCUT2D eigenvalue weighted by Crippen LogP contribution is -2.49. The van der Waals surface area contributed by atoms with Crippen LogP contribution < -0.4 is 10.2 Å². The van der Waals surface area contributed by atoms with Crippen molar-refractivity contribution >= 4 is 27.7 Å². The van der Waals surface area contributed by atoms with Crippen LogP contribution in [0.25, 0.3) is 0 Å². The standard InChI is InChI=1S/C18H28BrN3O2/c1-4-7-14(5-2)21-15-8-6-9-22(12-15)17-16(18(23)24-3)10-13(19)11-20-17/h10-11,14-15,21H,4-9,12H2,1-3H3. The maximum Gasteiger partial charge on any atom is 0.341 e. The van der Waals surface area contributed by atoms with Crippen molar-refractivity contribution in [2.24, 2.45) is 0 Å². The van der Waals surface area contributed by atoms with Crippen LogP contribution in [-0.4, -0.2) is 43.2 Å². The molecule has 6 heteroatoms. The van der Waals surface area contributed by atoms with Gasteiger partial charge >= 0.3 is 5.97 Å². The van der Waals surface area contributed by atoms with Gasteiger partial charge in [-0.3, -0.25) is 0 Å². The third-order valence-electron chi connectivity index (χ3n) is 4.56. The fraction of sp³-hybridized carbons (Fsp3) is 0.667. The minimum Gasteiger partial charge on any atom is -0.465 e. The normalized spacial score (nSPS) is 19.2. The van der Waals surface area contributed by atoms with Crippen molar-refractivity contribution in [3.63, 3.8) is 0 Å². The van der Waals surface area contributed by atoms with E-state index in [2.05, 4.69) is 45.0 Å². The average Bonchev–Trinajstić information content (AvgIpc) is 2.60. The van der Waals surface area contributed by atoms with Gasteiger partial charge < -0.3 is 15.0 Å². The van der Waals surface area contributed by atoms with Crippen LogP contribution in [-0.2, 0) is 4.74 Å². The summed E-state index contributed by atoms with van der Waals surface area (Å²) in [6.07, 6.45) is 7.55. The van der Waals surface area contributed by atoms with E-state index in [4.69, 9.17) is 4.74 Å². The minimum atomic E-state index is -0.341. The van der Waals surface area contributed by atoms with E-state index in [1.165, 1.54) is 26.4 Å². The van der Waals surface area contributed by atoms with E-state index in [1.54, 1.807) is 12.3 Å². The molecule has 0 aliphatic carbocycles. The van der Waals surface area contributed by atoms with Crippen molar-refractivity contribution in [2.45, 2.75) is 58.0 Å². The Morgan fingerprint density at radius 3 is 3.00 bits per heavy atom. The molecule has 0 aromatic carbocycles. The maximum atomic E-state index is 12.1. The number of methoxy groups -OCH3 is 1. The monoisotopic (exact) mass is 397 g/mol. The molecule has 0 saturated carbocycles. The molecule has 2 heterocycles. The van der Waals surface area contributed by atoms with E-state index >= 15 is 0 Å². The van der Waals surface area contributed by atoms with Gasteiger partial charge in [-0.25, -0.2) is 9.78 Å². The molecule has 1 saturated heterocycles. The zero-order valence-electron chi connectivity index (χ0n) is 14.8. The molecule has 0 spiro atoms. The van der Waals surface area contributed by atoms with Gasteiger partial charge in [0, 0.05) is 35.8 Å². The largest absolute Gasteiger partial charge is 0.465 e. The third kappa shape index (κ3) is 4.93. The summed E-state index contributed by atoms with van der Waals surface area (Å²) in [5.74, 6) is 0.381. The molecule has 134 valence electrons. The molecular formula is C18H28BrN3O2. The highest BCUT2D eigenvalue weighted by Crippen LogP contribution is 2.25. The first kappa shape index (κ1) is 19.2. The van der Waals surface area contributed by atoms with Gasteiger partial charge in [0.25, 0.3) is 0 Å². The van der Waals surface area contributed by atoms with Crippen LogP contribution in [0.4, 0.5) is 5.82 Å². The summed E-state index contributed by atoms with van der Waals surface area (Å²) in [6, 6.07) is 2.79. The number of hydrogen-bond donors (Lipinski definition) is 1. The van der Waals surface area contributed by atoms with Crippen molar-refractivity contribution < 1.29 is 9.53 Å². The van der Waals surface area contributed by atoms with E-state index in [0.29, 0.717) is 17.6 Å². The minimum absolute atomic E-state index is 0.341. The van der Waals surface area contributed by atoms with E-state index in [-0.39, 0.29) is 5.97 Å². The molecule has 1 aliphatic rings. The molecule has 24 heavy (non-hydrogen) atoms. The van der Waals surface area contributed by atoms with Gasteiger partial charge in [0.15, 0.2) is 0 Å². The van der Waals surface area contributed by atoms with E-state index < -0.39 is 0 Å². The SMILES string of the molecule is CCCC(CC)NC1CCCN(c2ncc(Br)cc2C(=O)OC)C1. The number of nitrogens with one attached hydrogen (secondary N) is 1. The molecule has 0 radical (unpaired) electrons. The lowest BCUT2D eigenvalue weighted by atomic mass is 10.0. The molecule has 2 atom stereocenters. The summed E-state index contributed by atoms with van der Waals surface area (Å²) in [6.45, 7) is 6.26. The Morgan fingerprint density at radius 1 is 1.54 bits per heavy atom. The molecule has 1 aromatic heterocycles. The predicted octanol–water partition coefficient (Wildman–Crippen LogP) is 3.77. The molecule has 1 fully saturated rings. The number of anilines is 1. The van der Waals surface area contributed by atoms with Gasteiger partial charge in [0.05, 0.1) is 7.11 Å². The number of nitrogens with zero attached hydrogens (tertiary/aromatic N) is 2. The Bertz CT molecular complexity index is 553. The fourth-order valence-corrected chi connectivity index (χ4v) is 3.67. The highest BCUT2D eigenvalue weighted by molar-refractivity contribution is 9.10. The summed E-state index contributed by atoms with van der Waals surface area (Å²) >= 11 is 3.39. The Hall–Kier alpha value is -1.14. The van der Waals surface area contributed by atoms with Gasteiger partial charge in [0.2, 0.25) is 0 Å². The van der Waals surface area contributed by atoms with Crippen molar-refractivity contribution in [3.05, 3.63) is 22.3 Å². The lowest BCUT2D eigenvalue weighted by molar-refractivity contribution is 0.0600. The quantitative estimate of drug-likeness (QED) is 0.709. The van der Waals surface area contributed by atoms with Crippen LogP contribution in [0.2, 0.25) is 0 Å². The van der Waals surface area contributed by atoms with Gasteiger partial charge in [-0.2, -0.15) is 0 Å². The highest BCUT2D eigenvalue weighted by atomic mass is 79.9. The van der Waals surface area contributed by atoms with Crippen LogP contribution in [0.5, 0.6) is 0 Å². The van der Waals surface area contributed by atoms with Crippen molar-refractivity contribution in [1.29, 1.82) is 0 Å². The van der Waals surface area contributed by atoms with E-state index in [1.807, 2.05) is 0 Å². The molecular weight excluding hydrogens is 370 g/mol. The van der Waals surface area contributed by atoms with Crippen molar-refractivity contribution in [3.8, 4) is 0 Å². The number of carbonyl (C=O) groups excluding carboxylic acids is 1. The molecule has 1 N–H and O–H groups in total. The zero-order chi connectivity index (χ0) is 17.5. The first-order valence-electron chi connectivity index (χ1n) is 8.83. The Morgan fingerprint density at radius 2 is 2.33 bits per heavy atom. The van der Waals surface area contributed by atoms with Gasteiger partial charge in [-0.15, -0.1) is 0 Å². The molecule has 0 bridgehead atoms. The number of piperidine rings is 1. The first-order chi connectivity index (χ1) is 11.6. The fourth-order valence-electron chi connectivity index (χ4n) is 3.34. The number of carbonyl (C=O) groups is 1. The topological polar surface area (TPSA) is 54.5 Å². The summed E-state index contributed by atoms with van der Waals surface area (Å²) in [4.78, 5) is 18.8. The van der Waals surface area contributed by atoms with Crippen LogP contribution in [0.15, 0.2) is 16.7 Å². The van der Waals surface area contributed by atoms with Crippen LogP contribution in [0, 0.1) is 0 Å². The predicted molar refractivity (Wildman–Crippen MR) is 101 cm³/mol. The number of pyridine rings is 1. The van der Waals surface area contributed by atoms with Crippen LogP contribution in [0.1, 0.15) is 56.3 Å². The number of halogens is 1. The maximum absolute atomic E-state index is 12.1. The molecule has 2 unspecified atom stereocenters. The number of aromatic nitrogens is 1. The second-order valence-corrected chi connectivity index (χ2v) is 7.28. The zero-order valence-corrected chi connectivity index (χ0v) is 16.4. The number of ether oxygens (including phenoxy) is 1. The molecule has 1 aliphatic heterocycles. The molecule has 0 amide bonds. The number of esters is 1. The lowest BCUT2D eigenvalue weighted by Gasteiger charge is -2.36. The first-order valence-corrected chi connectivity index (χ1v) is 9.63. The van der Waals surface area contributed by atoms with Crippen LogP contribution >= 0.6 is 15.9 Å².